The Morgan fingerprint density at radius 2 is 1.63 bits per heavy atom. The molecule has 1 N–H and O–H groups in total. The fourth-order valence-corrected chi connectivity index (χ4v) is 3.19. The quantitative estimate of drug-likeness (QED) is 0.561. The summed E-state index contributed by atoms with van der Waals surface area (Å²) in [7, 11) is 0. The highest BCUT2D eigenvalue weighted by molar-refractivity contribution is 6.39. The van der Waals surface area contributed by atoms with E-state index in [9.17, 15) is 14.4 Å². The normalized spacial score (nSPS) is 16.1. The number of amides is 4. The molecular weight excluding hydrogens is 340 g/mol. The lowest BCUT2D eigenvalue weighted by atomic mass is 10.0. The Balaban J connectivity index is 1.82. The maximum atomic E-state index is 13.0. The largest absolute Gasteiger partial charge is 0.335 e. The number of imide groups is 2. The molecule has 3 aromatic rings. The van der Waals surface area contributed by atoms with Crippen LogP contribution in [-0.2, 0) is 9.59 Å². The predicted octanol–water partition coefficient (Wildman–Crippen LogP) is 3.81. The molecule has 0 bridgehead atoms. The standard InChI is InChI=1S/C22H16N2O3/c1-14-6-4-10-17(12-14)24-21(26)19(20(25)23-22(24)27)13-16-9-5-8-15-7-2-3-11-18(15)16/h2-13H,1H3,(H,23,25,27)/b19-13+. The number of nitrogens with one attached hydrogen (secondary N) is 1. The summed E-state index contributed by atoms with van der Waals surface area (Å²) in [6.07, 6.45) is 1.54. The number of carbonyl (C=O) groups is 3. The van der Waals surface area contributed by atoms with E-state index in [1.165, 1.54) is 6.08 Å². The van der Waals surface area contributed by atoms with Gasteiger partial charge in [-0.2, -0.15) is 0 Å². The Morgan fingerprint density at radius 1 is 0.889 bits per heavy atom. The van der Waals surface area contributed by atoms with Crippen LogP contribution in [0.5, 0.6) is 0 Å². The van der Waals surface area contributed by atoms with Crippen LogP contribution in [-0.4, -0.2) is 17.8 Å². The first-order valence-corrected chi connectivity index (χ1v) is 8.50. The number of urea groups is 1. The number of carbonyl (C=O) groups excluding carboxylic acids is 3. The van der Waals surface area contributed by atoms with Crippen LogP contribution in [0.3, 0.4) is 0 Å². The van der Waals surface area contributed by atoms with Gasteiger partial charge in [-0.05, 0) is 47.0 Å². The van der Waals surface area contributed by atoms with E-state index in [-0.39, 0.29) is 5.57 Å². The molecule has 0 radical (unpaired) electrons. The van der Waals surface area contributed by atoms with Crippen LogP contribution in [0.1, 0.15) is 11.1 Å². The van der Waals surface area contributed by atoms with Gasteiger partial charge in [-0.25, -0.2) is 9.69 Å². The van der Waals surface area contributed by atoms with Gasteiger partial charge < -0.3 is 0 Å². The molecule has 0 unspecified atom stereocenters. The Morgan fingerprint density at radius 3 is 2.44 bits per heavy atom. The minimum atomic E-state index is -0.745. The van der Waals surface area contributed by atoms with E-state index in [1.54, 1.807) is 18.2 Å². The topological polar surface area (TPSA) is 66.5 Å². The number of hydrogen-bond acceptors (Lipinski definition) is 3. The second kappa shape index (κ2) is 6.53. The molecule has 4 amide bonds. The molecule has 3 aromatic carbocycles. The summed E-state index contributed by atoms with van der Waals surface area (Å²) in [5, 5.41) is 4.18. The van der Waals surface area contributed by atoms with Crippen LogP contribution >= 0.6 is 0 Å². The zero-order valence-corrected chi connectivity index (χ0v) is 14.6. The molecular formula is C22H16N2O3. The van der Waals surface area contributed by atoms with Crippen LogP contribution < -0.4 is 10.2 Å². The number of barbiturate groups is 1. The highest BCUT2D eigenvalue weighted by Crippen LogP contribution is 2.25. The molecule has 5 nitrogen and oxygen atoms in total. The van der Waals surface area contributed by atoms with Crippen LogP contribution in [0.2, 0.25) is 0 Å². The second-order valence-corrected chi connectivity index (χ2v) is 6.37. The minimum absolute atomic E-state index is 0.0764. The van der Waals surface area contributed by atoms with Crippen LogP contribution in [0.15, 0.2) is 72.3 Å². The van der Waals surface area contributed by atoms with Crippen molar-refractivity contribution in [2.75, 3.05) is 4.90 Å². The molecule has 0 saturated carbocycles. The fraction of sp³-hybridized carbons (Fsp3) is 0.0455. The molecule has 1 heterocycles. The average molecular weight is 356 g/mol. The predicted molar refractivity (Wildman–Crippen MR) is 104 cm³/mol. The number of aryl methyl sites for hydroxylation is 1. The first kappa shape index (κ1) is 16.7. The Bertz CT molecular complexity index is 1130. The summed E-state index contributed by atoms with van der Waals surface area (Å²) in [5.41, 5.74) is 2.00. The van der Waals surface area contributed by atoms with Gasteiger partial charge in [-0.1, -0.05) is 54.6 Å². The SMILES string of the molecule is Cc1cccc(N2C(=O)NC(=O)/C(=C\c3cccc4ccccc34)C2=O)c1. The van der Waals surface area contributed by atoms with Crippen LogP contribution in [0.4, 0.5) is 10.5 Å². The van der Waals surface area contributed by atoms with Gasteiger partial charge >= 0.3 is 6.03 Å². The molecule has 1 aliphatic rings. The van der Waals surface area contributed by atoms with E-state index >= 15 is 0 Å². The number of fused-ring (bicyclic) bond motifs is 1. The minimum Gasteiger partial charge on any atom is -0.273 e. The molecule has 132 valence electrons. The van der Waals surface area contributed by atoms with Crippen molar-refractivity contribution >= 4 is 40.4 Å². The Kier molecular flexibility index (Phi) is 4.05. The zero-order valence-electron chi connectivity index (χ0n) is 14.6. The van der Waals surface area contributed by atoms with E-state index in [0.29, 0.717) is 5.69 Å². The summed E-state index contributed by atoms with van der Waals surface area (Å²) in [6.45, 7) is 1.87. The van der Waals surface area contributed by atoms with Crippen molar-refractivity contribution < 1.29 is 14.4 Å². The molecule has 0 aliphatic carbocycles. The fourth-order valence-electron chi connectivity index (χ4n) is 3.19. The number of hydrogen-bond donors (Lipinski definition) is 1. The molecule has 1 saturated heterocycles. The van der Waals surface area contributed by atoms with E-state index < -0.39 is 17.8 Å². The second-order valence-electron chi connectivity index (χ2n) is 6.37. The van der Waals surface area contributed by atoms with Gasteiger partial charge in [0.05, 0.1) is 5.69 Å². The van der Waals surface area contributed by atoms with Gasteiger partial charge in [-0.3, -0.25) is 14.9 Å². The lowest BCUT2D eigenvalue weighted by molar-refractivity contribution is -0.122. The van der Waals surface area contributed by atoms with Crippen molar-refractivity contribution in [2.24, 2.45) is 0 Å². The Hall–Kier alpha value is -3.73. The molecule has 1 aliphatic heterocycles. The highest BCUT2D eigenvalue weighted by Gasteiger charge is 2.36. The molecule has 0 atom stereocenters. The van der Waals surface area contributed by atoms with Crippen LogP contribution in [0.25, 0.3) is 16.8 Å². The first-order chi connectivity index (χ1) is 13.0. The van der Waals surface area contributed by atoms with E-state index in [4.69, 9.17) is 0 Å². The Labute approximate surface area is 155 Å². The van der Waals surface area contributed by atoms with Gasteiger partial charge in [0.1, 0.15) is 5.57 Å². The third-order valence-electron chi connectivity index (χ3n) is 4.48. The monoisotopic (exact) mass is 356 g/mol. The van der Waals surface area contributed by atoms with Crippen molar-refractivity contribution in [3.8, 4) is 0 Å². The van der Waals surface area contributed by atoms with Crippen molar-refractivity contribution in [3.05, 3.63) is 83.4 Å². The lowest BCUT2D eigenvalue weighted by Gasteiger charge is -2.26. The lowest BCUT2D eigenvalue weighted by Crippen LogP contribution is -2.54. The molecule has 1 fully saturated rings. The van der Waals surface area contributed by atoms with Crippen molar-refractivity contribution in [3.63, 3.8) is 0 Å². The van der Waals surface area contributed by atoms with E-state index in [0.717, 1.165) is 26.8 Å². The summed E-state index contributed by atoms with van der Waals surface area (Å²) in [5.74, 6) is -1.33. The van der Waals surface area contributed by atoms with Crippen molar-refractivity contribution in [1.29, 1.82) is 0 Å². The van der Waals surface area contributed by atoms with Crippen molar-refractivity contribution in [1.82, 2.24) is 5.32 Å². The number of rotatable bonds is 2. The van der Waals surface area contributed by atoms with E-state index in [2.05, 4.69) is 5.32 Å². The van der Waals surface area contributed by atoms with Gasteiger partial charge in [0.25, 0.3) is 11.8 Å². The van der Waals surface area contributed by atoms with Gasteiger partial charge in [-0.15, -0.1) is 0 Å². The molecule has 4 rings (SSSR count). The smallest absolute Gasteiger partial charge is 0.273 e. The molecule has 27 heavy (non-hydrogen) atoms. The zero-order chi connectivity index (χ0) is 19.0. The maximum absolute atomic E-state index is 13.0. The van der Waals surface area contributed by atoms with E-state index in [1.807, 2.05) is 55.5 Å². The number of nitrogens with zero attached hydrogens (tertiary/aromatic N) is 1. The highest BCUT2D eigenvalue weighted by atomic mass is 16.2. The number of anilines is 1. The first-order valence-electron chi connectivity index (χ1n) is 8.50. The van der Waals surface area contributed by atoms with Gasteiger partial charge in [0.15, 0.2) is 0 Å². The van der Waals surface area contributed by atoms with Gasteiger partial charge in [0, 0.05) is 0 Å². The van der Waals surface area contributed by atoms with Crippen molar-refractivity contribution in [2.45, 2.75) is 6.92 Å². The summed E-state index contributed by atoms with van der Waals surface area (Å²) in [6, 6.07) is 19.6. The third kappa shape index (κ3) is 3.00. The average Bonchev–Trinajstić information content (AvgIpc) is 2.65. The summed E-state index contributed by atoms with van der Waals surface area (Å²) in [4.78, 5) is 38.6. The maximum Gasteiger partial charge on any atom is 0.335 e. The number of benzene rings is 3. The van der Waals surface area contributed by atoms with Gasteiger partial charge in [0.2, 0.25) is 0 Å². The molecule has 0 aromatic heterocycles. The summed E-state index contributed by atoms with van der Waals surface area (Å²) < 4.78 is 0. The third-order valence-corrected chi connectivity index (χ3v) is 4.48. The summed E-state index contributed by atoms with van der Waals surface area (Å²) >= 11 is 0. The molecule has 0 spiro atoms. The molecule has 5 heteroatoms. The van der Waals surface area contributed by atoms with Crippen LogP contribution in [0, 0.1) is 6.92 Å².